The van der Waals surface area contributed by atoms with Gasteiger partial charge in [0.15, 0.2) is 11.5 Å². The number of nitrogen functional groups attached to an aromatic ring is 1. The fourth-order valence-electron chi connectivity index (χ4n) is 0.782. The minimum absolute atomic E-state index is 0.0455. The minimum atomic E-state index is -0.476. The molecule has 1 heterocycles. The molecule has 0 aliphatic heterocycles. The summed E-state index contributed by atoms with van der Waals surface area (Å²) in [7, 11) is 0. The van der Waals surface area contributed by atoms with E-state index in [0.717, 1.165) is 0 Å². The van der Waals surface area contributed by atoms with Gasteiger partial charge in [0.2, 0.25) is 5.84 Å². The maximum Gasteiger partial charge on any atom is 0.361 e. The van der Waals surface area contributed by atoms with Crippen LogP contribution < -0.4 is 16.5 Å². The van der Waals surface area contributed by atoms with E-state index in [0.29, 0.717) is 4.60 Å². The van der Waals surface area contributed by atoms with E-state index >= 15 is 0 Å². The van der Waals surface area contributed by atoms with Crippen molar-refractivity contribution in [3.8, 4) is 0 Å². The summed E-state index contributed by atoms with van der Waals surface area (Å²) < 4.78 is 0.437. The van der Waals surface area contributed by atoms with E-state index in [1.807, 2.05) is 0 Å². The van der Waals surface area contributed by atoms with Gasteiger partial charge in [-0.25, -0.2) is 20.1 Å². The van der Waals surface area contributed by atoms with Gasteiger partial charge in [-0.1, -0.05) is 0 Å². The van der Waals surface area contributed by atoms with Gasteiger partial charge < -0.3 is 5.73 Å². The molecule has 1 aromatic heterocycles. The van der Waals surface area contributed by atoms with Gasteiger partial charge in [-0.05, 0) is 15.9 Å². The predicted molar refractivity (Wildman–Crippen MR) is 54.2 cm³/mol. The Hall–Kier alpha value is -1.50. The lowest BCUT2D eigenvalue weighted by Gasteiger charge is -1.99. The van der Waals surface area contributed by atoms with Crippen molar-refractivity contribution < 1.29 is 10.2 Å². The van der Waals surface area contributed by atoms with Gasteiger partial charge in [0, 0.05) is 6.92 Å². The Balaban J connectivity index is 3.00. The lowest BCUT2D eigenvalue weighted by molar-refractivity contribution is -0.118. The van der Waals surface area contributed by atoms with Crippen LogP contribution in [-0.2, 0) is 0 Å². The molecule has 0 aliphatic rings. The molecule has 0 spiro atoms. The number of carbonyl (C=O) groups is 1. The van der Waals surface area contributed by atoms with E-state index in [1.165, 1.54) is 6.20 Å². The highest BCUT2D eigenvalue weighted by Crippen LogP contribution is 2.09. The molecular formula is C7H9BrN5O+. The average molecular weight is 259 g/mol. The van der Waals surface area contributed by atoms with Gasteiger partial charge >= 0.3 is 5.91 Å². The molecule has 5 N–H and O–H groups in total. The van der Waals surface area contributed by atoms with E-state index in [2.05, 4.69) is 31.2 Å². The van der Waals surface area contributed by atoms with E-state index in [4.69, 9.17) is 11.1 Å². The zero-order valence-corrected chi connectivity index (χ0v) is 9.00. The second kappa shape index (κ2) is 4.14. The zero-order valence-electron chi connectivity index (χ0n) is 7.41. The Kier molecular flexibility index (Phi) is 3.13. The smallest absolute Gasteiger partial charge is 0.361 e. The highest BCUT2D eigenvalue weighted by Gasteiger charge is 2.17. The second-order valence-electron chi connectivity index (χ2n) is 2.56. The fourth-order valence-corrected chi connectivity index (χ4v) is 1.06. The number of carbonyl (C=O) groups excluding carboxylic acids is 1. The van der Waals surface area contributed by atoms with E-state index in [1.54, 1.807) is 6.92 Å². The molecule has 0 atom stereocenters. The van der Waals surface area contributed by atoms with Gasteiger partial charge in [-0.15, -0.1) is 0 Å². The maximum absolute atomic E-state index is 11.4. The third kappa shape index (κ3) is 2.49. The maximum atomic E-state index is 11.4. The van der Waals surface area contributed by atoms with E-state index in [9.17, 15) is 4.79 Å². The third-order valence-corrected chi connectivity index (χ3v) is 1.68. The quantitative estimate of drug-likeness (QED) is 0.431. The summed E-state index contributed by atoms with van der Waals surface area (Å²) in [6.07, 6.45) is 1.41. The van der Waals surface area contributed by atoms with Crippen LogP contribution in [0.5, 0.6) is 0 Å². The van der Waals surface area contributed by atoms with Crippen LogP contribution in [0.1, 0.15) is 17.4 Å². The molecule has 1 amide bonds. The van der Waals surface area contributed by atoms with Crippen LogP contribution >= 0.6 is 15.9 Å². The largest absolute Gasteiger partial charge is 0.382 e. The molecule has 0 radical (unpaired) electrons. The Morgan fingerprint density at radius 3 is 2.93 bits per heavy atom. The summed E-state index contributed by atoms with van der Waals surface area (Å²) in [5, 5.41) is 7.68. The average Bonchev–Trinajstić information content (AvgIpc) is 2.08. The molecular weight excluding hydrogens is 250 g/mol. The number of nitrogens with two attached hydrogens (primary N) is 2. The number of hydrogen-bond donors (Lipinski definition) is 3. The minimum Gasteiger partial charge on any atom is -0.382 e. The number of amides is 1. The van der Waals surface area contributed by atoms with Crippen molar-refractivity contribution in [2.24, 2.45) is 0 Å². The van der Waals surface area contributed by atoms with Crippen molar-refractivity contribution in [3.63, 3.8) is 0 Å². The molecule has 1 rings (SSSR count). The number of amidine groups is 1. The molecule has 0 bridgehead atoms. The number of hydrogen-bond acceptors (Lipinski definition) is 4. The molecule has 0 unspecified atom stereocenters. The summed E-state index contributed by atoms with van der Waals surface area (Å²) in [5.74, 6) is -0.139. The number of anilines is 1. The lowest BCUT2D eigenvalue weighted by Crippen LogP contribution is -2.49. The van der Waals surface area contributed by atoms with Crippen molar-refractivity contribution in [1.82, 2.24) is 15.3 Å². The van der Waals surface area contributed by atoms with Gasteiger partial charge in [0.1, 0.15) is 4.60 Å². The fraction of sp³-hybridized carbons (Fsp3) is 0.143. The van der Waals surface area contributed by atoms with E-state index in [-0.39, 0.29) is 17.3 Å². The highest BCUT2D eigenvalue weighted by molar-refractivity contribution is 9.10. The molecule has 14 heavy (non-hydrogen) atoms. The van der Waals surface area contributed by atoms with Crippen LogP contribution in [0.4, 0.5) is 5.82 Å². The monoisotopic (exact) mass is 258 g/mol. The third-order valence-electron chi connectivity index (χ3n) is 1.30. The van der Waals surface area contributed by atoms with E-state index < -0.39 is 5.91 Å². The summed E-state index contributed by atoms with van der Waals surface area (Å²) in [5.41, 5.74) is 5.51. The molecule has 0 fully saturated rings. The number of halogens is 1. The first-order chi connectivity index (χ1) is 6.50. The van der Waals surface area contributed by atoms with Crippen molar-refractivity contribution in [3.05, 3.63) is 16.5 Å². The van der Waals surface area contributed by atoms with Crippen molar-refractivity contribution in [2.45, 2.75) is 6.92 Å². The summed E-state index contributed by atoms with van der Waals surface area (Å²) in [6.45, 7) is 1.56. The molecule has 6 nitrogen and oxygen atoms in total. The van der Waals surface area contributed by atoms with Crippen molar-refractivity contribution in [1.29, 1.82) is 0 Å². The van der Waals surface area contributed by atoms with Crippen LogP contribution in [-0.4, -0.2) is 21.7 Å². The topological polar surface area (TPSA) is 106 Å². The SMILES string of the molecule is CC(=[NH2+])NC(=O)c1nc(Br)cnc1N. The number of nitrogens with one attached hydrogen (secondary N) is 1. The Bertz CT molecular complexity index is 392. The molecule has 0 aliphatic carbocycles. The molecule has 0 saturated heterocycles. The van der Waals surface area contributed by atoms with Gasteiger partial charge in [0.25, 0.3) is 0 Å². The van der Waals surface area contributed by atoms with Crippen molar-refractivity contribution >= 4 is 33.5 Å². The first-order valence-electron chi connectivity index (χ1n) is 3.69. The highest BCUT2D eigenvalue weighted by atomic mass is 79.9. The summed E-state index contributed by atoms with van der Waals surface area (Å²) in [6, 6.07) is 0. The Morgan fingerprint density at radius 1 is 1.71 bits per heavy atom. The summed E-state index contributed by atoms with van der Waals surface area (Å²) >= 11 is 3.08. The van der Waals surface area contributed by atoms with Gasteiger partial charge in [-0.3, -0.25) is 5.41 Å². The number of aromatic nitrogens is 2. The molecule has 0 aromatic carbocycles. The lowest BCUT2D eigenvalue weighted by atomic mass is 10.4. The van der Waals surface area contributed by atoms with Crippen LogP contribution in [0.15, 0.2) is 10.8 Å². The Morgan fingerprint density at radius 2 is 2.36 bits per heavy atom. The van der Waals surface area contributed by atoms with Crippen LogP contribution in [0.3, 0.4) is 0 Å². The molecule has 7 heteroatoms. The standard InChI is InChI=1S/C7H8BrN5O/c1-3(9)12-7(14)5-6(10)11-2-4(8)13-5/h2H,1H3,(H2,10,11)(H2,9,12,14)/p+1. The van der Waals surface area contributed by atoms with Crippen LogP contribution in [0.25, 0.3) is 0 Å². The molecule has 1 aromatic rings. The zero-order chi connectivity index (χ0) is 10.7. The van der Waals surface area contributed by atoms with Crippen molar-refractivity contribution in [2.75, 3.05) is 5.73 Å². The van der Waals surface area contributed by atoms with Gasteiger partial charge in [-0.2, -0.15) is 0 Å². The summed E-state index contributed by atoms with van der Waals surface area (Å²) in [4.78, 5) is 19.1. The number of rotatable bonds is 1. The predicted octanol–water partition coefficient (Wildman–Crippen LogP) is -1.27. The van der Waals surface area contributed by atoms with Crippen LogP contribution in [0.2, 0.25) is 0 Å². The van der Waals surface area contributed by atoms with Gasteiger partial charge in [0.05, 0.1) is 6.20 Å². The normalized spacial score (nSPS) is 9.57. The molecule has 74 valence electrons. The first kappa shape index (κ1) is 10.6. The second-order valence-corrected chi connectivity index (χ2v) is 3.38. The molecule has 0 saturated carbocycles. The number of nitrogens with zero attached hydrogens (tertiary/aromatic N) is 2. The first-order valence-corrected chi connectivity index (χ1v) is 4.48. The Labute approximate surface area is 88.6 Å². The van der Waals surface area contributed by atoms with Crippen LogP contribution in [0, 0.1) is 0 Å².